The van der Waals surface area contributed by atoms with Gasteiger partial charge in [-0.25, -0.2) is 4.79 Å². The first kappa shape index (κ1) is 29.4. The number of halogens is 3. The van der Waals surface area contributed by atoms with Gasteiger partial charge in [0.25, 0.3) is 5.91 Å². The van der Waals surface area contributed by atoms with Crippen molar-refractivity contribution < 1.29 is 32.7 Å². The molecular weight excluding hydrogens is 577 g/mol. The maximum Gasteiger partial charge on any atom is 0.416 e. The first-order valence-electron chi connectivity index (χ1n) is 13.0. The number of aromatic carboxylic acids is 1. The summed E-state index contributed by atoms with van der Waals surface area (Å²) in [6, 6.07) is 29.8. The zero-order chi connectivity index (χ0) is 30.6. The van der Waals surface area contributed by atoms with Crippen molar-refractivity contribution in [2.45, 2.75) is 16.3 Å². The van der Waals surface area contributed by atoms with Crippen LogP contribution in [0.3, 0.4) is 0 Å². The number of fused-ring (bicyclic) bond motifs is 1. The molecule has 10 heteroatoms. The normalized spacial score (nSPS) is 12.0. The molecule has 5 aromatic rings. The van der Waals surface area contributed by atoms with Crippen LogP contribution in [0.15, 0.2) is 120 Å². The van der Waals surface area contributed by atoms with Gasteiger partial charge in [-0.3, -0.25) is 9.59 Å². The third-order valence-electron chi connectivity index (χ3n) is 6.54. The number of rotatable bonds is 8. The van der Waals surface area contributed by atoms with E-state index in [-0.39, 0.29) is 16.8 Å². The number of thioether (sulfide) groups is 1. The van der Waals surface area contributed by atoms with E-state index < -0.39 is 34.8 Å². The Hall–Kier alpha value is -5.09. The SMILES string of the molecule is O=C(O)c1cccc2cccc(C(=O)Nc3ccc(SC(C(=O)Nc4cccc(C(F)(F)F)c4)c4ccccc4)cc3)c12. The zero-order valence-corrected chi connectivity index (χ0v) is 23.1. The van der Waals surface area contributed by atoms with Gasteiger partial charge >= 0.3 is 12.1 Å². The minimum atomic E-state index is -4.54. The predicted octanol–water partition coefficient (Wildman–Crippen LogP) is 8.28. The number of carboxylic acids is 1. The van der Waals surface area contributed by atoms with Crippen LogP contribution in [-0.2, 0) is 11.0 Å². The van der Waals surface area contributed by atoms with Crippen LogP contribution in [-0.4, -0.2) is 22.9 Å². The summed E-state index contributed by atoms with van der Waals surface area (Å²) < 4.78 is 39.5. The van der Waals surface area contributed by atoms with E-state index in [1.165, 1.54) is 30.0 Å². The van der Waals surface area contributed by atoms with Crippen molar-refractivity contribution in [2.24, 2.45) is 0 Å². The van der Waals surface area contributed by atoms with Gasteiger partial charge in [-0.05, 0) is 65.5 Å². The van der Waals surface area contributed by atoms with E-state index in [9.17, 15) is 32.7 Å². The van der Waals surface area contributed by atoms with E-state index >= 15 is 0 Å². The number of alkyl halides is 3. The second-order valence-electron chi connectivity index (χ2n) is 9.47. The number of hydrogen-bond acceptors (Lipinski definition) is 4. The molecule has 5 aromatic carbocycles. The quantitative estimate of drug-likeness (QED) is 0.156. The molecule has 0 aromatic heterocycles. The summed E-state index contributed by atoms with van der Waals surface area (Å²) >= 11 is 1.20. The van der Waals surface area contributed by atoms with Crippen molar-refractivity contribution in [2.75, 3.05) is 10.6 Å². The molecule has 1 unspecified atom stereocenters. The molecule has 0 saturated heterocycles. The summed E-state index contributed by atoms with van der Waals surface area (Å²) in [6.45, 7) is 0. The summed E-state index contributed by atoms with van der Waals surface area (Å²) in [5.41, 5.74) is 0.492. The molecule has 0 heterocycles. The van der Waals surface area contributed by atoms with Crippen molar-refractivity contribution in [1.82, 2.24) is 0 Å². The molecule has 6 nitrogen and oxygen atoms in total. The molecule has 0 aliphatic rings. The molecule has 3 N–H and O–H groups in total. The number of benzene rings is 5. The fraction of sp³-hybridized carbons (Fsp3) is 0.0606. The summed E-state index contributed by atoms with van der Waals surface area (Å²) in [5, 5.41) is 15.2. The van der Waals surface area contributed by atoms with Gasteiger partial charge in [0, 0.05) is 27.2 Å². The molecule has 5 rings (SSSR count). The van der Waals surface area contributed by atoms with Gasteiger partial charge < -0.3 is 15.7 Å². The van der Waals surface area contributed by atoms with Gasteiger partial charge in [0.1, 0.15) is 5.25 Å². The second-order valence-corrected chi connectivity index (χ2v) is 10.6. The lowest BCUT2D eigenvalue weighted by molar-refractivity contribution is -0.137. The molecule has 0 spiro atoms. The molecule has 0 radical (unpaired) electrons. The van der Waals surface area contributed by atoms with Crippen LogP contribution in [0.2, 0.25) is 0 Å². The zero-order valence-electron chi connectivity index (χ0n) is 22.3. The fourth-order valence-corrected chi connectivity index (χ4v) is 5.57. The Labute approximate surface area is 248 Å². The molecule has 2 amide bonds. The monoisotopic (exact) mass is 600 g/mol. The summed E-state index contributed by atoms with van der Waals surface area (Å²) in [7, 11) is 0. The first-order chi connectivity index (χ1) is 20.6. The predicted molar refractivity (Wildman–Crippen MR) is 160 cm³/mol. The highest BCUT2D eigenvalue weighted by Crippen LogP contribution is 2.37. The lowest BCUT2D eigenvalue weighted by Gasteiger charge is -2.18. The summed E-state index contributed by atoms with van der Waals surface area (Å²) in [4.78, 5) is 38.9. The van der Waals surface area contributed by atoms with E-state index in [2.05, 4.69) is 10.6 Å². The van der Waals surface area contributed by atoms with Crippen molar-refractivity contribution in [3.05, 3.63) is 138 Å². The summed E-state index contributed by atoms with van der Waals surface area (Å²) in [5.74, 6) is -2.13. The van der Waals surface area contributed by atoms with Crippen molar-refractivity contribution in [3.8, 4) is 0 Å². The van der Waals surface area contributed by atoms with Crippen LogP contribution in [0.1, 0.15) is 37.1 Å². The van der Waals surface area contributed by atoms with Gasteiger partial charge in [-0.15, -0.1) is 11.8 Å². The molecule has 43 heavy (non-hydrogen) atoms. The van der Waals surface area contributed by atoms with Crippen molar-refractivity contribution in [1.29, 1.82) is 0 Å². The van der Waals surface area contributed by atoms with Gasteiger partial charge in [0.2, 0.25) is 5.91 Å². The fourth-order valence-electron chi connectivity index (χ4n) is 4.54. The first-order valence-corrected chi connectivity index (χ1v) is 13.8. The Balaban J connectivity index is 1.35. The van der Waals surface area contributed by atoms with Crippen LogP contribution in [0.4, 0.5) is 24.5 Å². The van der Waals surface area contributed by atoms with E-state index in [0.29, 0.717) is 26.9 Å². The molecule has 1 atom stereocenters. The maximum atomic E-state index is 13.3. The number of anilines is 2. The highest BCUT2D eigenvalue weighted by molar-refractivity contribution is 8.00. The standard InChI is InChI=1S/C33H23F3N2O4S/c34-33(35,36)22-11-6-12-24(19-22)38-31(40)29(21-7-2-1-3-8-21)43-25-17-15-23(16-18-25)37-30(39)26-13-4-9-20-10-5-14-27(28(20)26)32(41)42/h1-19,29H,(H,37,39)(H,38,40)(H,41,42). The van der Waals surface area contributed by atoms with Crippen LogP contribution < -0.4 is 10.6 Å². The number of amides is 2. The van der Waals surface area contributed by atoms with E-state index in [4.69, 9.17) is 0 Å². The Bertz CT molecular complexity index is 1800. The molecule has 0 aliphatic heterocycles. The molecule has 216 valence electrons. The molecule has 0 saturated carbocycles. The van der Waals surface area contributed by atoms with Gasteiger partial charge in [-0.2, -0.15) is 13.2 Å². The van der Waals surface area contributed by atoms with Crippen LogP contribution in [0.5, 0.6) is 0 Å². The average Bonchev–Trinajstić information content (AvgIpc) is 3.00. The van der Waals surface area contributed by atoms with Crippen LogP contribution in [0.25, 0.3) is 10.8 Å². The molecule has 0 aliphatic carbocycles. The van der Waals surface area contributed by atoms with E-state index in [1.807, 2.05) is 0 Å². The Morgan fingerprint density at radius 3 is 2.00 bits per heavy atom. The highest BCUT2D eigenvalue weighted by atomic mass is 32.2. The molecule has 0 bridgehead atoms. The van der Waals surface area contributed by atoms with Crippen LogP contribution in [0, 0.1) is 0 Å². The largest absolute Gasteiger partial charge is 0.478 e. The van der Waals surface area contributed by atoms with Gasteiger partial charge in [0.05, 0.1) is 11.1 Å². The Kier molecular flexibility index (Phi) is 8.49. The maximum absolute atomic E-state index is 13.3. The lowest BCUT2D eigenvalue weighted by Crippen LogP contribution is -2.19. The van der Waals surface area contributed by atoms with Crippen molar-refractivity contribution in [3.63, 3.8) is 0 Å². The minimum absolute atomic E-state index is 0.0189. The second kappa shape index (κ2) is 12.4. The smallest absolute Gasteiger partial charge is 0.416 e. The Morgan fingerprint density at radius 1 is 0.698 bits per heavy atom. The highest BCUT2D eigenvalue weighted by Gasteiger charge is 2.31. The van der Waals surface area contributed by atoms with Crippen LogP contribution >= 0.6 is 11.8 Å². The number of hydrogen-bond donors (Lipinski definition) is 3. The number of carboxylic acid groups (broad SMARTS) is 1. The van der Waals surface area contributed by atoms with E-state index in [0.717, 1.165) is 12.1 Å². The topological polar surface area (TPSA) is 95.5 Å². The van der Waals surface area contributed by atoms with Crippen molar-refractivity contribution >= 4 is 51.7 Å². The van der Waals surface area contributed by atoms with Gasteiger partial charge in [0.15, 0.2) is 0 Å². The Morgan fingerprint density at radius 2 is 1.35 bits per heavy atom. The minimum Gasteiger partial charge on any atom is -0.478 e. The third kappa shape index (κ3) is 6.87. The number of carbonyl (C=O) groups is 3. The lowest BCUT2D eigenvalue weighted by atomic mass is 9.98. The molecule has 0 fully saturated rings. The number of nitrogens with one attached hydrogen (secondary N) is 2. The average molecular weight is 601 g/mol. The third-order valence-corrected chi connectivity index (χ3v) is 7.81. The molecular formula is C33H23F3N2O4S. The van der Waals surface area contributed by atoms with E-state index in [1.54, 1.807) is 84.9 Å². The van der Waals surface area contributed by atoms with Gasteiger partial charge in [-0.1, -0.05) is 60.7 Å². The number of carbonyl (C=O) groups excluding carboxylic acids is 2. The summed E-state index contributed by atoms with van der Waals surface area (Å²) in [6.07, 6.45) is -4.54.